The maximum atomic E-state index is 5.92. The van der Waals surface area contributed by atoms with E-state index in [9.17, 15) is 0 Å². The van der Waals surface area contributed by atoms with Gasteiger partial charge in [0, 0.05) is 6.04 Å². The Morgan fingerprint density at radius 3 is 2.53 bits per heavy atom. The van der Waals surface area contributed by atoms with E-state index in [0.29, 0.717) is 11.2 Å². The van der Waals surface area contributed by atoms with Crippen molar-refractivity contribution in [1.82, 2.24) is 10.2 Å². The fourth-order valence-corrected chi connectivity index (χ4v) is 1.90. The Labute approximate surface area is 109 Å². The van der Waals surface area contributed by atoms with Crippen molar-refractivity contribution in [3.8, 4) is 0 Å². The molecule has 1 aromatic heterocycles. The van der Waals surface area contributed by atoms with Crippen LogP contribution in [0.5, 0.6) is 0 Å². The van der Waals surface area contributed by atoms with Crippen molar-refractivity contribution >= 4 is 17.4 Å². The van der Waals surface area contributed by atoms with E-state index in [0.717, 1.165) is 23.4 Å². The molecule has 1 aromatic rings. The van der Waals surface area contributed by atoms with Crippen LogP contribution in [0.1, 0.15) is 50.7 Å². The molecule has 1 rings (SSSR count). The molecule has 0 aliphatic carbocycles. The topological polar surface area (TPSA) is 37.8 Å². The van der Waals surface area contributed by atoms with E-state index in [2.05, 4.69) is 29.4 Å². The van der Waals surface area contributed by atoms with Crippen molar-refractivity contribution in [2.45, 2.75) is 59.4 Å². The number of anilines is 1. The fraction of sp³-hybridized carbons (Fsp3) is 0.692. The highest BCUT2D eigenvalue weighted by atomic mass is 35.5. The first-order valence-corrected chi connectivity index (χ1v) is 6.70. The lowest BCUT2D eigenvalue weighted by Gasteiger charge is -2.16. The molecule has 0 aliphatic heterocycles. The van der Waals surface area contributed by atoms with E-state index < -0.39 is 0 Å². The van der Waals surface area contributed by atoms with Gasteiger partial charge < -0.3 is 5.32 Å². The van der Waals surface area contributed by atoms with E-state index in [1.54, 1.807) is 0 Å². The zero-order valence-electron chi connectivity index (χ0n) is 11.2. The van der Waals surface area contributed by atoms with Gasteiger partial charge in [0.2, 0.25) is 0 Å². The van der Waals surface area contributed by atoms with Crippen molar-refractivity contribution in [2.24, 2.45) is 0 Å². The molecule has 0 saturated heterocycles. The third kappa shape index (κ3) is 4.15. The summed E-state index contributed by atoms with van der Waals surface area (Å²) in [5.41, 5.74) is 2.09. The Bertz CT molecular complexity index is 366. The summed E-state index contributed by atoms with van der Waals surface area (Å²) in [5.74, 6) is 0.857. The summed E-state index contributed by atoms with van der Waals surface area (Å²) in [6.07, 6.45) is 4.96. The molecule has 1 N–H and O–H groups in total. The molecule has 0 aromatic carbocycles. The third-order valence-electron chi connectivity index (χ3n) is 3.09. The highest BCUT2D eigenvalue weighted by molar-refractivity contribution is 6.30. The number of unbranched alkanes of at least 4 members (excludes halogenated alkanes) is 2. The molecule has 0 fully saturated rings. The van der Waals surface area contributed by atoms with Crippen LogP contribution >= 0.6 is 11.6 Å². The zero-order valence-corrected chi connectivity index (χ0v) is 11.9. The lowest BCUT2D eigenvalue weighted by molar-refractivity contribution is 0.612. The van der Waals surface area contributed by atoms with Gasteiger partial charge in [0.25, 0.3) is 0 Å². The minimum Gasteiger partial charge on any atom is -0.366 e. The summed E-state index contributed by atoms with van der Waals surface area (Å²) in [6.45, 7) is 8.40. The lowest BCUT2D eigenvalue weighted by Crippen LogP contribution is -2.17. The maximum Gasteiger partial charge on any atom is 0.155 e. The van der Waals surface area contributed by atoms with Crippen LogP contribution in [0.2, 0.25) is 5.15 Å². The van der Waals surface area contributed by atoms with E-state index in [1.165, 1.54) is 19.3 Å². The number of hydrogen-bond acceptors (Lipinski definition) is 3. The van der Waals surface area contributed by atoms with Crippen LogP contribution in [0.25, 0.3) is 0 Å². The van der Waals surface area contributed by atoms with Gasteiger partial charge in [-0.3, -0.25) is 0 Å². The fourth-order valence-electron chi connectivity index (χ4n) is 1.72. The summed E-state index contributed by atoms with van der Waals surface area (Å²) in [7, 11) is 0. The molecule has 3 nitrogen and oxygen atoms in total. The predicted octanol–water partition coefficient (Wildman–Crippen LogP) is 4.13. The van der Waals surface area contributed by atoms with Crippen molar-refractivity contribution in [3.63, 3.8) is 0 Å². The van der Waals surface area contributed by atoms with Crippen LogP contribution in [0.3, 0.4) is 0 Å². The molecular formula is C13H22ClN3. The van der Waals surface area contributed by atoms with Gasteiger partial charge in [0.15, 0.2) is 11.0 Å². The Kier molecular flexibility index (Phi) is 5.69. The van der Waals surface area contributed by atoms with Crippen LogP contribution in [-0.4, -0.2) is 16.2 Å². The first kappa shape index (κ1) is 14.2. The first-order chi connectivity index (χ1) is 8.06. The Morgan fingerprint density at radius 1 is 1.18 bits per heavy atom. The van der Waals surface area contributed by atoms with Crippen LogP contribution in [-0.2, 0) is 0 Å². The van der Waals surface area contributed by atoms with Crippen LogP contribution in [0, 0.1) is 13.8 Å². The van der Waals surface area contributed by atoms with Gasteiger partial charge in [-0.2, -0.15) is 0 Å². The normalized spacial score (nSPS) is 12.5. The lowest BCUT2D eigenvalue weighted by atomic mass is 10.1. The summed E-state index contributed by atoms with van der Waals surface area (Å²) in [5, 5.41) is 12.0. The van der Waals surface area contributed by atoms with Crippen LogP contribution < -0.4 is 5.32 Å². The molecule has 0 aliphatic rings. The van der Waals surface area contributed by atoms with Gasteiger partial charge in [-0.15, -0.1) is 10.2 Å². The molecule has 1 atom stereocenters. The molecule has 0 bridgehead atoms. The zero-order chi connectivity index (χ0) is 12.8. The van der Waals surface area contributed by atoms with Crippen LogP contribution in [0.4, 0.5) is 5.82 Å². The highest BCUT2D eigenvalue weighted by Crippen LogP contribution is 2.21. The quantitative estimate of drug-likeness (QED) is 0.777. The molecule has 1 heterocycles. The average Bonchev–Trinajstić information content (AvgIpc) is 2.30. The largest absolute Gasteiger partial charge is 0.366 e. The van der Waals surface area contributed by atoms with Crippen molar-refractivity contribution in [1.29, 1.82) is 0 Å². The second-order valence-electron chi connectivity index (χ2n) is 4.63. The average molecular weight is 256 g/mol. The minimum absolute atomic E-state index is 0.426. The van der Waals surface area contributed by atoms with Crippen molar-refractivity contribution in [3.05, 3.63) is 16.3 Å². The number of nitrogens with one attached hydrogen (secondary N) is 1. The number of aromatic nitrogens is 2. The monoisotopic (exact) mass is 255 g/mol. The standard InChI is InChI=1S/C13H22ClN3/c1-5-6-7-8-9(2)15-13-11(4)10(3)12(14)16-17-13/h9H,5-8H2,1-4H3,(H,15,17). The second-order valence-corrected chi connectivity index (χ2v) is 4.99. The van der Waals surface area contributed by atoms with Gasteiger partial charge in [-0.25, -0.2) is 0 Å². The van der Waals surface area contributed by atoms with E-state index in [1.807, 2.05) is 13.8 Å². The Morgan fingerprint density at radius 2 is 1.88 bits per heavy atom. The van der Waals surface area contributed by atoms with E-state index in [-0.39, 0.29) is 0 Å². The van der Waals surface area contributed by atoms with Gasteiger partial charge in [0.1, 0.15) is 0 Å². The number of rotatable bonds is 6. The SMILES string of the molecule is CCCCCC(C)Nc1nnc(Cl)c(C)c1C. The van der Waals surface area contributed by atoms with Gasteiger partial charge >= 0.3 is 0 Å². The van der Waals surface area contributed by atoms with Gasteiger partial charge in [0.05, 0.1) is 0 Å². The van der Waals surface area contributed by atoms with E-state index in [4.69, 9.17) is 11.6 Å². The Balaban J connectivity index is 2.59. The number of hydrogen-bond donors (Lipinski definition) is 1. The predicted molar refractivity (Wildman–Crippen MR) is 73.7 cm³/mol. The molecular weight excluding hydrogens is 234 g/mol. The molecule has 4 heteroatoms. The molecule has 0 amide bonds. The smallest absolute Gasteiger partial charge is 0.155 e. The molecule has 1 unspecified atom stereocenters. The summed E-state index contributed by atoms with van der Waals surface area (Å²) in [6, 6.07) is 0.426. The molecule has 0 spiro atoms. The summed E-state index contributed by atoms with van der Waals surface area (Å²) < 4.78 is 0. The number of halogens is 1. The Hall–Kier alpha value is -0.830. The minimum atomic E-state index is 0.426. The maximum absolute atomic E-state index is 5.92. The van der Waals surface area contributed by atoms with Gasteiger partial charge in [-0.05, 0) is 38.3 Å². The van der Waals surface area contributed by atoms with Gasteiger partial charge in [-0.1, -0.05) is 37.8 Å². The van der Waals surface area contributed by atoms with Crippen LogP contribution in [0.15, 0.2) is 0 Å². The second kappa shape index (κ2) is 6.80. The van der Waals surface area contributed by atoms with E-state index >= 15 is 0 Å². The molecule has 17 heavy (non-hydrogen) atoms. The molecule has 96 valence electrons. The molecule has 0 radical (unpaired) electrons. The van der Waals surface area contributed by atoms with Crippen molar-refractivity contribution in [2.75, 3.05) is 5.32 Å². The first-order valence-electron chi connectivity index (χ1n) is 6.32. The van der Waals surface area contributed by atoms with Crippen molar-refractivity contribution < 1.29 is 0 Å². The summed E-state index contributed by atoms with van der Waals surface area (Å²) >= 11 is 5.92. The number of nitrogens with zero attached hydrogens (tertiary/aromatic N) is 2. The molecule has 0 saturated carbocycles. The highest BCUT2D eigenvalue weighted by Gasteiger charge is 2.10. The third-order valence-corrected chi connectivity index (χ3v) is 3.45. The summed E-state index contributed by atoms with van der Waals surface area (Å²) in [4.78, 5) is 0.